The number of likely N-dealkylation sites (tertiary alicyclic amines) is 1. The first-order chi connectivity index (χ1) is 26.9. The fraction of sp³-hybridized carbons (Fsp3) is 0.348. The number of amidine groups is 1. The summed E-state index contributed by atoms with van der Waals surface area (Å²) in [5.41, 5.74) is 4.13. The molecule has 3 aromatic carbocycles. The molecule has 1 unspecified atom stereocenters. The minimum Gasteiger partial charge on any atom is -0.530 e. The molecule has 2 heterocycles. The largest absolute Gasteiger partial charge is 2.00 e. The van der Waals surface area contributed by atoms with Crippen LogP contribution < -0.4 is 4.74 Å². The van der Waals surface area contributed by atoms with Gasteiger partial charge in [-0.05, 0) is 70.3 Å². The SMILES string of the molecule is C=C(/C=C\N(C(C)=O)[C@H]1CC(OP(OCCC#N)N(C(C)C)C(C)C)=C([CH2-])O1)N=C1CCCN1C.COc1ccc([C-](c2cc[c-]cc2)c2ccccc2)cc1.[CH3-].[U+2].[U+2]. The van der Waals surface area contributed by atoms with Gasteiger partial charge in [0.1, 0.15) is 11.6 Å². The molecule has 3 aromatic rings. The third-order valence-corrected chi connectivity index (χ3v) is 11.0. The molecule has 1 fully saturated rings. The Morgan fingerprint density at radius 2 is 1.69 bits per heavy atom. The molecule has 1 saturated heterocycles. The second-order valence-electron chi connectivity index (χ2n) is 13.8. The Labute approximate surface area is 402 Å². The van der Waals surface area contributed by atoms with E-state index in [1.54, 1.807) is 19.4 Å². The molecule has 0 saturated carbocycles. The molecule has 0 spiro atoms. The first kappa shape index (κ1) is 53.9. The van der Waals surface area contributed by atoms with E-state index in [2.05, 4.69) is 116 Å². The first-order valence-corrected chi connectivity index (χ1v) is 20.0. The van der Waals surface area contributed by atoms with E-state index in [0.717, 1.165) is 31.0 Å². The minimum absolute atomic E-state index is 0. The van der Waals surface area contributed by atoms with Gasteiger partial charge in [-0.15, -0.1) is 0 Å². The van der Waals surface area contributed by atoms with Gasteiger partial charge in [-0.3, -0.25) is 9.69 Å². The Morgan fingerprint density at radius 3 is 2.24 bits per heavy atom. The molecule has 2 atom stereocenters. The van der Waals surface area contributed by atoms with Crippen molar-refractivity contribution in [3.63, 3.8) is 0 Å². The van der Waals surface area contributed by atoms with Gasteiger partial charge in [0.05, 0.1) is 31.9 Å². The number of benzene rings is 3. The predicted molar refractivity (Wildman–Crippen MR) is 230 cm³/mol. The molecule has 1 amide bonds. The van der Waals surface area contributed by atoms with Crippen molar-refractivity contribution in [3.05, 3.63) is 158 Å². The molecule has 0 aromatic heterocycles. The maximum atomic E-state index is 12.4. The Hall–Kier alpha value is -3.10. The van der Waals surface area contributed by atoms with Crippen LogP contribution in [-0.2, 0) is 18.6 Å². The van der Waals surface area contributed by atoms with Crippen molar-refractivity contribution < 1.29 is 85.5 Å². The summed E-state index contributed by atoms with van der Waals surface area (Å²) in [4.78, 5) is 20.6. The van der Waals surface area contributed by atoms with Gasteiger partial charge in [0.2, 0.25) is 5.91 Å². The molecule has 310 valence electrons. The van der Waals surface area contributed by atoms with Crippen LogP contribution in [0.3, 0.4) is 0 Å². The van der Waals surface area contributed by atoms with E-state index in [9.17, 15) is 4.79 Å². The van der Waals surface area contributed by atoms with Crippen LogP contribution in [0.5, 0.6) is 5.75 Å². The van der Waals surface area contributed by atoms with Crippen molar-refractivity contribution in [3.8, 4) is 11.8 Å². The summed E-state index contributed by atoms with van der Waals surface area (Å²) in [6, 6.07) is 32.2. The van der Waals surface area contributed by atoms with Gasteiger partial charge in [0.25, 0.3) is 0 Å². The number of hydrogen-bond acceptors (Lipinski definition) is 8. The van der Waals surface area contributed by atoms with Crippen LogP contribution in [0, 0.1) is 99.9 Å². The maximum absolute atomic E-state index is 12.4. The second-order valence-corrected chi connectivity index (χ2v) is 15.2. The number of aliphatic imine (C=N–C) groups is 1. The molecule has 2 aliphatic rings. The van der Waals surface area contributed by atoms with Crippen LogP contribution in [0.25, 0.3) is 0 Å². The van der Waals surface area contributed by atoms with Crippen molar-refractivity contribution in [1.82, 2.24) is 14.5 Å². The Morgan fingerprint density at radius 1 is 1.08 bits per heavy atom. The number of amides is 1. The van der Waals surface area contributed by atoms with Crippen LogP contribution in [0.2, 0.25) is 0 Å². The molecule has 0 N–H and O–H groups in total. The van der Waals surface area contributed by atoms with Gasteiger partial charge in [-0.25, -0.2) is 16.6 Å². The smallest absolute Gasteiger partial charge is 0.530 e. The average molecular weight is 1270 g/mol. The number of nitrogens with zero attached hydrogens (tertiary/aromatic N) is 5. The van der Waals surface area contributed by atoms with Crippen molar-refractivity contribution in [2.24, 2.45) is 4.99 Å². The summed E-state index contributed by atoms with van der Waals surface area (Å²) < 4.78 is 25.6. The zero-order valence-corrected chi connectivity index (χ0v) is 45.0. The predicted octanol–water partition coefficient (Wildman–Crippen LogP) is 10.0. The third-order valence-electron chi connectivity index (χ3n) is 8.96. The minimum atomic E-state index is -1.49. The number of methoxy groups -OCH3 is 1. The number of nitriles is 1. The molecule has 0 aliphatic carbocycles. The van der Waals surface area contributed by atoms with Crippen molar-refractivity contribution in [1.29, 1.82) is 5.26 Å². The van der Waals surface area contributed by atoms with E-state index in [4.69, 9.17) is 23.8 Å². The van der Waals surface area contributed by atoms with Gasteiger partial charge in [-0.2, -0.15) is 41.2 Å². The van der Waals surface area contributed by atoms with E-state index in [1.807, 2.05) is 37.4 Å². The second kappa shape index (κ2) is 27.7. The van der Waals surface area contributed by atoms with Gasteiger partial charge < -0.3 is 30.8 Å². The van der Waals surface area contributed by atoms with Gasteiger partial charge in [0, 0.05) is 45.2 Å². The molecule has 10 nitrogen and oxygen atoms in total. The third kappa shape index (κ3) is 16.4. The van der Waals surface area contributed by atoms with Gasteiger partial charge in [-0.1, -0.05) is 66.1 Å². The molecule has 13 heteroatoms. The summed E-state index contributed by atoms with van der Waals surface area (Å²) in [5.74, 6) is 3.80. The zero-order valence-electron chi connectivity index (χ0n) is 35.8. The number of allylic oxidation sites excluding steroid dienone is 2. The molecule has 2 aliphatic heterocycles. The Bertz CT molecular complexity index is 1810. The van der Waals surface area contributed by atoms with Crippen molar-refractivity contribution >= 4 is 20.3 Å². The van der Waals surface area contributed by atoms with Gasteiger partial charge in [0.15, 0.2) is 6.23 Å². The van der Waals surface area contributed by atoms with Crippen LogP contribution in [0.4, 0.5) is 0 Å². The number of carbonyl (C=O) groups is 1. The van der Waals surface area contributed by atoms with Crippen molar-refractivity contribution in [2.45, 2.75) is 78.6 Å². The molecular weight excluding hydrogens is 1210 g/mol. The summed E-state index contributed by atoms with van der Waals surface area (Å²) in [5, 5.41) is 8.92. The normalized spacial score (nSPS) is 15.6. The van der Waals surface area contributed by atoms with E-state index in [1.165, 1.54) is 34.4 Å². The number of ether oxygens (including phenoxy) is 2. The van der Waals surface area contributed by atoms with Crippen LogP contribution in [-0.4, -0.2) is 71.8 Å². The zero-order chi connectivity index (χ0) is 40.6. The van der Waals surface area contributed by atoms with Gasteiger partial charge >= 0.3 is 70.8 Å². The van der Waals surface area contributed by atoms with E-state index in [0.29, 0.717) is 23.6 Å². The average Bonchev–Trinajstić information content (AvgIpc) is 3.75. The maximum Gasteiger partial charge on any atom is 2.00 e. The first-order valence-electron chi connectivity index (χ1n) is 18.9. The van der Waals surface area contributed by atoms with Crippen molar-refractivity contribution in [2.75, 3.05) is 27.3 Å². The summed E-state index contributed by atoms with van der Waals surface area (Å²) in [6.07, 6.45) is 5.36. The van der Waals surface area contributed by atoms with Crippen LogP contribution >= 0.6 is 8.53 Å². The quantitative estimate of drug-likeness (QED) is 0.0460. The molecule has 5 rings (SSSR count). The molecular formula is C46H58N5O5PU2. The number of carbonyl (C=O) groups excluding carboxylic acids is 1. The Kier molecular flexibility index (Phi) is 25.3. The monoisotopic (exact) mass is 1270 g/mol. The van der Waals surface area contributed by atoms with Crippen LogP contribution in [0.15, 0.2) is 120 Å². The van der Waals surface area contributed by atoms with Crippen LogP contribution in [0.1, 0.15) is 77.0 Å². The van der Waals surface area contributed by atoms with E-state index >= 15 is 0 Å². The number of hydrogen-bond donors (Lipinski definition) is 0. The fourth-order valence-electron chi connectivity index (χ4n) is 6.29. The van der Waals surface area contributed by atoms with E-state index < -0.39 is 14.8 Å². The summed E-state index contributed by atoms with van der Waals surface area (Å²) >= 11 is 0. The molecule has 0 bridgehead atoms. The molecule has 59 heavy (non-hydrogen) atoms. The number of rotatable bonds is 16. The standard InChI is InChI=1S/C25H39N5O4P.C20H16O.CH3.2U/c1-18(2)30(19(3)4)35(32-16-10-13-26)34-23-17-25(33-21(23)6)29(22(7)31)15-12-20(5)27-24-11-9-14-28(24)8;1-21-19-14-12-18(13-15-19)20(16-8-4-2-5-9-16)17-10-6-3-7-11-17;;;/h12,15,18-19,25H,5-6,9-11,14,16-17H2,1-4,7-8H3;2,4-15H,1H3;1H3;;/q-1;-2;-1;2*+2/b15-12-,27-24?;;;;/t25-,35?;;;;/m1..../s1. The summed E-state index contributed by atoms with van der Waals surface area (Å²) in [7, 11) is 2.21. The topological polar surface area (TPSA) is 99.9 Å². The van der Waals surface area contributed by atoms with E-state index in [-0.39, 0.29) is 101 Å². The summed E-state index contributed by atoms with van der Waals surface area (Å²) in [6.45, 7) is 19.0. The fourth-order valence-corrected chi connectivity index (χ4v) is 7.94. The molecule has 0 radical (unpaired) electrons. The Balaban J connectivity index is 0.000000621.